The standard InChI is InChI=1S/C17H19F2N3O3S/c1-21(2)15-9-8-11(26(24,25)22(3)4)10-14(15)20-17(23)16-12(18)6-5-7-13(16)19/h5-10H,1-4H3,(H,20,23). The van der Waals surface area contributed by atoms with Crippen LogP contribution in [-0.4, -0.2) is 46.8 Å². The van der Waals surface area contributed by atoms with Crippen molar-refractivity contribution in [1.82, 2.24) is 4.31 Å². The SMILES string of the molecule is CN(C)c1ccc(S(=O)(=O)N(C)C)cc1NC(=O)c1c(F)cccc1F. The van der Waals surface area contributed by atoms with E-state index in [1.165, 1.54) is 32.3 Å². The predicted molar refractivity (Wildman–Crippen MR) is 96.0 cm³/mol. The largest absolute Gasteiger partial charge is 0.376 e. The second kappa shape index (κ2) is 7.38. The lowest BCUT2D eigenvalue weighted by Crippen LogP contribution is -2.23. The number of amides is 1. The molecule has 2 aromatic rings. The number of halogens is 2. The molecule has 0 fully saturated rings. The molecule has 0 aliphatic carbocycles. The number of anilines is 2. The first-order chi connectivity index (χ1) is 12.1. The van der Waals surface area contributed by atoms with Gasteiger partial charge in [-0.2, -0.15) is 0 Å². The topological polar surface area (TPSA) is 69.7 Å². The molecule has 0 aliphatic rings. The van der Waals surface area contributed by atoms with Gasteiger partial charge in [-0.25, -0.2) is 21.5 Å². The molecule has 0 bridgehead atoms. The Labute approximate surface area is 151 Å². The highest BCUT2D eigenvalue weighted by molar-refractivity contribution is 7.89. The lowest BCUT2D eigenvalue weighted by molar-refractivity contribution is 0.101. The highest BCUT2D eigenvalue weighted by Gasteiger charge is 2.22. The molecule has 0 aliphatic heterocycles. The van der Waals surface area contributed by atoms with Gasteiger partial charge in [-0.15, -0.1) is 0 Å². The van der Waals surface area contributed by atoms with E-state index in [4.69, 9.17) is 0 Å². The van der Waals surface area contributed by atoms with E-state index >= 15 is 0 Å². The molecular weight excluding hydrogens is 364 g/mol. The number of hydrogen-bond acceptors (Lipinski definition) is 4. The first-order valence-corrected chi connectivity index (χ1v) is 8.99. The second-order valence-corrected chi connectivity index (χ2v) is 8.06. The molecule has 6 nitrogen and oxygen atoms in total. The van der Waals surface area contributed by atoms with Gasteiger partial charge >= 0.3 is 0 Å². The molecule has 1 amide bonds. The number of benzene rings is 2. The number of sulfonamides is 1. The third kappa shape index (κ3) is 3.83. The highest BCUT2D eigenvalue weighted by Crippen LogP contribution is 2.29. The Morgan fingerprint density at radius 2 is 1.58 bits per heavy atom. The zero-order valence-corrected chi connectivity index (χ0v) is 15.6. The van der Waals surface area contributed by atoms with Crippen molar-refractivity contribution < 1.29 is 22.0 Å². The third-order valence-electron chi connectivity index (χ3n) is 3.67. The summed E-state index contributed by atoms with van der Waals surface area (Å²) in [4.78, 5) is 13.9. The average molecular weight is 383 g/mol. The zero-order chi connectivity index (χ0) is 19.6. The smallest absolute Gasteiger partial charge is 0.261 e. The maximum Gasteiger partial charge on any atom is 0.261 e. The van der Waals surface area contributed by atoms with Crippen LogP contribution < -0.4 is 10.2 Å². The van der Waals surface area contributed by atoms with E-state index in [0.29, 0.717) is 5.69 Å². The second-order valence-electron chi connectivity index (χ2n) is 5.91. The number of nitrogens with one attached hydrogen (secondary N) is 1. The van der Waals surface area contributed by atoms with E-state index in [1.807, 2.05) is 0 Å². The van der Waals surface area contributed by atoms with Crippen LogP contribution >= 0.6 is 0 Å². The van der Waals surface area contributed by atoms with Gasteiger partial charge in [-0.1, -0.05) is 6.07 Å². The van der Waals surface area contributed by atoms with Gasteiger partial charge in [-0.3, -0.25) is 4.79 Å². The maximum absolute atomic E-state index is 13.8. The van der Waals surface area contributed by atoms with Gasteiger partial charge < -0.3 is 10.2 Å². The molecule has 0 aromatic heterocycles. The fraction of sp³-hybridized carbons (Fsp3) is 0.235. The van der Waals surface area contributed by atoms with Crippen molar-refractivity contribution >= 4 is 27.3 Å². The fourth-order valence-electron chi connectivity index (χ4n) is 2.28. The Morgan fingerprint density at radius 1 is 1.00 bits per heavy atom. The molecule has 26 heavy (non-hydrogen) atoms. The van der Waals surface area contributed by atoms with E-state index < -0.39 is 33.1 Å². The molecule has 0 radical (unpaired) electrons. The van der Waals surface area contributed by atoms with Crippen LogP contribution in [0.3, 0.4) is 0 Å². The number of carbonyl (C=O) groups is 1. The van der Waals surface area contributed by atoms with Crippen LogP contribution in [0.25, 0.3) is 0 Å². The molecular formula is C17H19F2N3O3S. The Bertz CT molecular complexity index is 924. The number of rotatable bonds is 5. The highest BCUT2D eigenvalue weighted by atomic mass is 32.2. The van der Waals surface area contributed by atoms with Gasteiger partial charge in [0.15, 0.2) is 0 Å². The Balaban J connectivity index is 2.52. The van der Waals surface area contributed by atoms with Crippen molar-refractivity contribution in [1.29, 1.82) is 0 Å². The summed E-state index contributed by atoms with van der Waals surface area (Å²) < 4.78 is 53.3. The van der Waals surface area contributed by atoms with Crippen molar-refractivity contribution in [2.45, 2.75) is 4.90 Å². The first-order valence-electron chi connectivity index (χ1n) is 7.55. The van der Waals surface area contributed by atoms with Crippen LogP contribution in [0.1, 0.15) is 10.4 Å². The van der Waals surface area contributed by atoms with Crippen LogP contribution in [0.2, 0.25) is 0 Å². The molecule has 0 spiro atoms. The summed E-state index contributed by atoms with van der Waals surface area (Å²) in [5.41, 5.74) is -0.142. The number of hydrogen-bond donors (Lipinski definition) is 1. The summed E-state index contributed by atoms with van der Waals surface area (Å²) in [5, 5.41) is 2.40. The fourth-order valence-corrected chi connectivity index (χ4v) is 3.20. The molecule has 1 N–H and O–H groups in total. The molecule has 2 rings (SSSR count). The van der Waals surface area contributed by atoms with Gasteiger partial charge in [0.25, 0.3) is 5.91 Å². The van der Waals surface area contributed by atoms with Crippen molar-refractivity contribution in [2.24, 2.45) is 0 Å². The minimum atomic E-state index is -3.74. The summed E-state index contributed by atoms with van der Waals surface area (Å²) in [5.74, 6) is -3.03. The van der Waals surface area contributed by atoms with Gasteiger partial charge in [0, 0.05) is 28.2 Å². The molecule has 9 heteroatoms. The lowest BCUT2D eigenvalue weighted by Gasteiger charge is -2.20. The van der Waals surface area contributed by atoms with Gasteiger partial charge in [0.1, 0.15) is 17.2 Å². The van der Waals surface area contributed by atoms with Crippen molar-refractivity contribution in [3.05, 3.63) is 53.6 Å². The Hall–Kier alpha value is -2.52. The van der Waals surface area contributed by atoms with Gasteiger partial charge in [0.05, 0.1) is 16.3 Å². The van der Waals surface area contributed by atoms with E-state index in [0.717, 1.165) is 22.5 Å². The average Bonchev–Trinajstić information content (AvgIpc) is 2.54. The first kappa shape index (κ1) is 19.8. The van der Waals surface area contributed by atoms with Crippen LogP contribution in [0, 0.1) is 11.6 Å². The Kier molecular flexibility index (Phi) is 5.62. The summed E-state index contributed by atoms with van der Waals surface area (Å²) in [6.45, 7) is 0. The van der Waals surface area contributed by atoms with E-state index in [-0.39, 0.29) is 10.6 Å². The van der Waals surface area contributed by atoms with Crippen LogP contribution in [0.4, 0.5) is 20.2 Å². The monoisotopic (exact) mass is 383 g/mol. The van der Waals surface area contributed by atoms with E-state index in [1.54, 1.807) is 19.0 Å². The molecule has 0 saturated carbocycles. The van der Waals surface area contributed by atoms with Crippen molar-refractivity contribution in [3.8, 4) is 0 Å². The molecule has 0 unspecified atom stereocenters. The summed E-state index contributed by atoms with van der Waals surface area (Å²) in [6, 6.07) is 7.24. The summed E-state index contributed by atoms with van der Waals surface area (Å²) in [6.07, 6.45) is 0. The molecule has 0 atom stereocenters. The maximum atomic E-state index is 13.8. The quantitative estimate of drug-likeness (QED) is 0.862. The molecule has 0 heterocycles. The molecule has 0 saturated heterocycles. The minimum Gasteiger partial charge on any atom is -0.376 e. The van der Waals surface area contributed by atoms with Crippen LogP contribution in [0.15, 0.2) is 41.3 Å². The number of carbonyl (C=O) groups excluding carboxylic acids is 1. The number of nitrogens with zero attached hydrogens (tertiary/aromatic N) is 2. The van der Waals surface area contributed by atoms with Gasteiger partial charge in [-0.05, 0) is 30.3 Å². The van der Waals surface area contributed by atoms with Crippen LogP contribution in [0.5, 0.6) is 0 Å². The normalized spacial score (nSPS) is 11.5. The van der Waals surface area contributed by atoms with Crippen molar-refractivity contribution in [3.63, 3.8) is 0 Å². The minimum absolute atomic E-state index is 0.0580. The summed E-state index contributed by atoms with van der Waals surface area (Å²) in [7, 11) is 2.39. The third-order valence-corrected chi connectivity index (χ3v) is 5.48. The lowest BCUT2D eigenvalue weighted by atomic mass is 10.1. The van der Waals surface area contributed by atoms with Gasteiger partial charge in [0.2, 0.25) is 10.0 Å². The molecule has 2 aromatic carbocycles. The van der Waals surface area contributed by atoms with E-state index in [2.05, 4.69) is 5.32 Å². The van der Waals surface area contributed by atoms with E-state index in [9.17, 15) is 22.0 Å². The summed E-state index contributed by atoms with van der Waals surface area (Å²) >= 11 is 0. The zero-order valence-electron chi connectivity index (χ0n) is 14.7. The predicted octanol–water partition coefficient (Wildman–Crippen LogP) is 2.53. The van der Waals surface area contributed by atoms with Crippen molar-refractivity contribution in [2.75, 3.05) is 38.4 Å². The Morgan fingerprint density at radius 3 is 2.08 bits per heavy atom. The molecule has 140 valence electrons. The van der Waals surface area contributed by atoms with Crippen LogP contribution in [-0.2, 0) is 10.0 Å².